The molecule has 0 bridgehead atoms. The number of hydrogen-bond acceptors (Lipinski definition) is 8. The topological polar surface area (TPSA) is 102 Å². The van der Waals surface area contributed by atoms with E-state index in [2.05, 4.69) is 30.2 Å². The second-order valence-electron chi connectivity index (χ2n) is 7.09. The van der Waals surface area contributed by atoms with Crippen molar-refractivity contribution in [1.29, 1.82) is 0 Å². The number of pyridine rings is 2. The molecule has 1 fully saturated rings. The molecule has 0 unspecified atom stereocenters. The molecule has 11 heteroatoms. The van der Waals surface area contributed by atoms with Crippen LogP contribution < -0.4 is 10.2 Å². The van der Waals surface area contributed by atoms with Crippen molar-refractivity contribution in [3.8, 4) is 11.4 Å². The van der Waals surface area contributed by atoms with Gasteiger partial charge in [-0.3, -0.25) is 14.8 Å². The highest BCUT2D eigenvalue weighted by atomic mass is 32.1. The van der Waals surface area contributed by atoms with E-state index in [9.17, 15) is 4.79 Å². The van der Waals surface area contributed by atoms with Gasteiger partial charge in [-0.05, 0) is 24.3 Å². The molecule has 0 aromatic carbocycles. The lowest BCUT2D eigenvalue weighted by atomic mass is 10.2. The van der Waals surface area contributed by atoms with Gasteiger partial charge in [0.25, 0.3) is 11.7 Å². The van der Waals surface area contributed by atoms with Crippen LogP contribution in [0.15, 0.2) is 36.5 Å². The lowest BCUT2D eigenvalue weighted by molar-refractivity contribution is 0.102. The van der Waals surface area contributed by atoms with Gasteiger partial charge < -0.3 is 14.5 Å². The Morgan fingerprint density at radius 2 is 2.00 bits per heavy atom. The Hall–Kier alpha value is -3.88. The normalized spacial score (nSPS) is 13.8. The maximum absolute atomic E-state index is 13.1. The summed E-state index contributed by atoms with van der Waals surface area (Å²) < 4.78 is 7.15. The van der Waals surface area contributed by atoms with Crippen molar-refractivity contribution in [2.75, 3.05) is 36.5 Å². The Bertz CT molecular complexity index is 1350. The molecule has 1 aliphatic rings. The standard InChI is InChI=1S/C21H18N8O2S/c1-22-17-6-3-13(18(26-17)29-9-11-31-12-10-29)19(30)27-21-25-15-5-4-14(24-20(15)32-21)16-7-8-23-28(16)2/h3-8H,9-12H2,2H3,(H,25,27,30). The number of nitrogens with one attached hydrogen (secondary N) is 1. The molecule has 10 nitrogen and oxygen atoms in total. The summed E-state index contributed by atoms with van der Waals surface area (Å²) in [5.74, 6) is 0.397. The summed E-state index contributed by atoms with van der Waals surface area (Å²) in [5, 5.41) is 7.49. The lowest BCUT2D eigenvalue weighted by Gasteiger charge is -2.27. The Morgan fingerprint density at radius 1 is 1.16 bits per heavy atom. The number of nitrogens with zero attached hydrogens (tertiary/aromatic N) is 7. The van der Waals surface area contributed by atoms with E-state index in [4.69, 9.17) is 11.3 Å². The number of aromatic nitrogens is 5. The predicted molar refractivity (Wildman–Crippen MR) is 121 cm³/mol. The molecule has 1 aliphatic heterocycles. The van der Waals surface area contributed by atoms with Crippen molar-refractivity contribution >= 4 is 44.4 Å². The Kier molecular flexibility index (Phi) is 5.22. The third kappa shape index (κ3) is 3.77. The second kappa shape index (κ2) is 8.33. The molecule has 32 heavy (non-hydrogen) atoms. The van der Waals surface area contributed by atoms with E-state index in [1.54, 1.807) is 23.0 Å². The summed E-state index contributed by atoms with van der Waals surface area (Å²) >= 11 is 1.30. The van der Waals surface area contributed by atoms with E-state index in [0.717, 1.165) is 11.4 Å². The monoisotopic (exact) mass is 446 g/mol. The third-order valence-corrected chi connectivity index (χ3v) is 5.97. The van der Waals surface area contributed by atoms with Crippen molar-refractivity contribution in [3.63, 3.8) is 0 Å². The average molecular weight is 446 g/mol. The molecule has 160 valence electrons. The van der Waals surface area contributed by atoms with Gasteiger partial charge in [0, 0.05) is 26.3 Å². The molecular weight excluding hydrogens is 428 g/mol. The molecule has 1 amide bonds. The molecule has 5 rings (SSSR count). The average Bonchev–Trinajstić information content (AvgIpc) is 3.43. The van der Waals surface area contributed by atoms with E-state index < -0.39 is 0 Å². The zero-order chi connectivity index (χ0) is 22.1. The highest BCUT2D eigenvalue weighted by Crippen LogP contribution is 2.29. The van der Waals surface area contributed by atoms with Crippen molar-refractivity contribution < 1.29 is 9.53 Å². The fraction of sp³-hybridized carbons (Fsp3) is 0.238. The van der Waals surface area contributed by atoms with E-state index in [-0.39, 0.29) is 11.7 Å². The number of thiazole rings is 1. The molecule has 0 radical (unpaired) electrons. The molecule has 0 atom stereocenters. The van der Waals surface area contributed by atoms with E-state index in [1.165, 1.54) is 11.3 Å². The first-order valence-electron chi connectivity index (χ1n) is 9.91. The first kappa shape index (κ1) is 20.0. The van der Waals surface area contributed by atoms with Crippen LogP contribution in [0.1, 0.15) is 10.4 Å². The van der Waals surface area contributed by atoms with Crippen molar-refractivity contribution in [3.05, 3.63) is 53.5 Å². The first-order valence-corrected chi connectivity index (χ1v) is 10.7. The molecule has 0 spiro atoms. The maximum atomic E-state index is 13.1. The van der Waals surface area contributed by atoms with E-state index in [1.807, 2.05) is 30.1 Å². The fourth-order valence-electron chi connectivity index (χ4n) is 3.50. The fourth-order valence-corrected chi connectivity index (χ4v) is 4.33. The number of fused-ring (bicyclic) bond motifs is 1. The summed E-state index contributed by atoms with van der Waals surface area (Å²) in [4.78, 5) is 32.7. The summed E-state index contributed by atoms with van der Waals surface area (Å²) in [6, 6.07) is 8.83. The van der Waals surface area contributed by atoms with Gasteiger partial charge in [0.15, 0.2) is 5.13 Å². The molecular formula is C21H18N8O2S. The zero-order valence-corrected chi connectivity index (χ0v) is 18.0. The van der Waals surface area contributed by atoms with E-state index in [0.29, 0.717) is 53.2 Å². The Labute approximate surface area is 187 Å². The summed E-state index contributed by atoms with van der Waals surface area (Å²) in [5.41, 5.74) is 2.77. The van der Waals surface area contributed by atoms with Crippen LogP contribution in [-0.4, -0.2) is 56.9 Å². The summed E-state index contributed by atoms with van der Waals surface area (Å²) in [6.45, 7) is 9.57. The maximum Gasteiger partial charge on any atom is 0.271 e. The number of hydrogen-bond donors (Lipinski definition) is 1. The number of rotatable bonds is 4. The number of morpholine rings is 1. The molecule has 4 aromatic rings. The molecule has 1 N–H and O–H groups in total. The van der Waals surface area contributed by atoms with Gasteiger partial charge in [0.2, 0.25) is 5.82 Å². The van der Waals surface area contributed by atoms with E-state index >= 15 is 0 Å². The minimum Gasteiger partial charge on any atom is -0.378 e. The van der Waals surface area contributed by atoms with Gasteiger partial charge in [-0.1, -0.05) is 24.0 Å². The number of ether oxygens (including phenoxy) is 1. The molecule has 0 saturated carbocycles. The van der Waals surface area contributed by atoms with Crippen molar-refractivity contribution in [2.45, 2.75) is 0 Å². The number of aryl methyl sites for hydroxylation is 1. The molecule has 1 saturated heterocycles. The highest BCUT2D eigenvalue weighted by Gasteiger charge is 2.25. The molecule has 4 aromatic heterocycles. The van der Waals surface area contributed by atoms with Gasteiger partial charge >= 0.3 is 0 Å². The van der Waals surface area contributed by atoms with Crippen LogP contribution in [0, 0.1) is 6.57 Å². The van der Waals surface area contributed by atoms with Crippen molar-refractivity contribution in [2.24, 2.45) is 7.05 Å². The van der Waals surface area contributed by atoms with Crippen LogP contribution in [-0.2, 0) is 11.8 Å². The lowest BCUT2D eigenvalue weighted by Crippen LogP contribution is -2.38. The number of anilines is 2. The Balaban J connectivity index is 1.43. The predicted octanol–water partition coefficient (Wildman–Crippen LogP) is 3.13. The van der Waals surface area contributed by atoms with Gasteiger partial charge in [-0.25, -0.2) is 9.97 Å². The first-order chi connectivity index (χ1) is 15.6. The summed E-state index contributed by atoms with van der Waals surface area (Å²) in [6.07, 6.45) is 1.72. The van der Waals surface area contributed by atoms with Crippen LogP contribution >= 0.6 is 11.3 Å². The second-order valence-corrected chi connectivity index (χ2v) is 8.06. The van der Waals surface area contributed by atoms with Crippen LogP contribution in [0.4, 0.5) is 16.8 Å². The number of carbonyl (C=O) groups excluding carboxylic acids is 1. The quantitative estimate of drug-likeness (QED) is 0.481. The Morgan fingerprint density at radius 3 is 2.75 bits per heavy atom. The number of amides is 1. The van der Waals surface area contributed by atoms with Crippen LogP contribution in [0.2, 0.25) is 0 Å². The summed E-state index contributed by atoms with van der Waals surface area (Å²) in [7, 11) is 1.86. The highest BCUT2D eigenvalue weighted by molar-refractivity contribution is 7.22. The number of carbonyl (C=O) groups is 1. The zero-order valence-electron chi connectivity index (χ0n) is 17.1. The largest absolute Gasteiger partial charge is 0.378 e. The SMILES string of the molecule is [C-]#[N+]c1ccc(C(=O)Nc2nc3ccc(-c4ccnn4C)nc3s2)c(N2CCOCC2)n1. The minimum atomic E-state index is -0.332. The van der Waals surface area contributed by atoms with Gasteiger partial charge in [-0.2, -0.15) is 5.10 Å². The van der Waals surface area contributed by atoms with Gasteiger partial charge in [0.1, 0.15) is 15.9 Å². The van der Waals surface area contributed by atoms with Crippen LogP contribution in [0.3, 0.4) is 0 Å². The van der Waals surface area contributed by atoms with Crippen LogP contribution in [0.25, 0.3) is 26.6 Å². The molecule has 5 heterocycles. The minimum absolute atomic E-state index is 0.245. The van der Waals surface area contributed by atoms with Gasteiger partial charge in [0.05, 0.1) is 24.6 Å². The molecule has 0 aliphatic carbocycles. The van der Waals surface area contributed by atoms with Crippen LogP contribution in [0.5, 0.6) is 0 Å². The van der Waals surface area contributed by atoms with Gasteiger partial charge in [-0.15, -0.1) is 4.98 Å². The van der Waals surface area contributed by atoms with Crippen molar-refractivity contribution in [1.82, 2.24) is 24.7 Å². The smallest absolute Gasteiger partial charge is 0.271 e. The third-order valence-electron chi connectivity index (χ3n) is 5.09.